The van der Waals surface area contributed by atoms with E-state index in [-0.39, 0.29) is 6.04 Å². The molecule has 20 heavy (non-hydrogen) atoms. The maximum atomic E-state index is 6.29. The van der Waals surface area contributed by atoms with Gasteiger partial charge >= 0.3 is 0 Å². The Morgan fingerprint density at radius 1 is 1.30 bits per heavy atom. The van der Waals surface area contributed by atoms with Crippen molar-refractivity contribution >= 4 is 11.0 Å². The Balaban J connectivity index is 2.07. The zero-order valence-electron chi connectivity index (χ0n) is 12.5. The van der Waals surface area contributed by atoms with Crippen LogP contribution in [0.1, 0.15) is 25.6 Å². The molecular weight excluding hydrogens is 252 g/mol. The van der Waals surface area contributed by atoms with Crippen LogP contribution < -0.4 is 5.73 Å². The lowest BCUT2D eigenvalue weighted by atomic mass is 10.1. The number of nitrogens with zero attached hydrogens (tertiary/aromatic N) is 1. The molecule has 1 aromatic carbocycles. The van der Waals surface area contributed by atoms with Crippen molar-refractivity contribution in [2.45, 2.75) is 25.9 Å². The second-order valence-electron chi connectivity index (χ2n) is 5.37. The van der Waals surface area contributed by atoms with Gasteiger partial charge in [0, 0.05) is 31.6 Å². The number of para-hydroxylation sites is 1. The molecule has 1 unspecified atom stereocenters. The Hall–Kier alpha value is -1.36. The second-order valence-corrected chi connectivity index (χ2v) is 5.37. The van der Waals surface area contributed by atoms with Crippen LogP contribution in [0.25, 0.3) is 11.0 Å². The maximum Gasteiger partial charge on any atom is 0.134 e. The Morgan fingerprint density at radius 3 is 2.70 bits per heavy atom. The molecule has 0 fully saturated rings. The zero-order chi connectivity index (χ0) is 14.5. The van der Waals surface area contributed by atoms with Gasteiger partial charge in [-0.1, -0.05) is 18.2 Å². The molecule has 2 rings (SSSR count). The van der Waals surface area contributed by atoms with Crippen molar-refractivity contribution in [2.24, 2.45) is 5.73 Å². The third-order valence-electron chi connectivity index (χ3n) is 3.55. The molecule has 0 aliphatic carbocycles. The lowest BCUT2D eigenvalue weighted by Gasteiger charge is -2.28. The van der Waals surface area contributed by atoms with E-state index in [1.807, 2.05) is 30.3 Å². The molecule has 1 aromatic heterocycles. The number of hydrogen-bond donors (Lipinski definition) is 1. The fourth-order valence-corrected chi connectivity index (χ4v) is 2.30. The van der Waals surface area contributed by atoms with Crippen LogP contribution >= 0.6 is 0 Å². The summed E-state index contributed by atoms with van der Waals surface area (Å²) < 4.78 is 11.0. The lowest BCUT2D eigenvalue weighted by molar-refractivity contribution is 0.123. The van der Waals surface area contributed by atoms with Gasteiger partial charge in [0.05, 0.1) is 12.6 Å². The molecule has 0 amide bonds. The van der Waals surface area contributed by atoms with Crippen molar-refractivity contribution in [1.82, 2.24) is 4.90 Å². The topological polar surface area (TPSA) is 51.6 Å². The van der Waals surface area contributed by atoms with Crippen molar-refractivity contribution in [1.29, 1.82) is 0 Å². The minimum Gasteiger partial charge on any atom is -0.459 e. The predicted molar refractivity (Wildman–Crippen MR) is 81.7 cm³/mol. The van der Waals surface area contributed by atoms with Crippen LogP contribution in [0, 0.1) is 0 Å². The molecule has 1 atom stereocenters. The molecule has 2 aromatic rings. The van der Waals surface area contributed by atoms with Crippen molar-refractivity contribution in [3.63, 3.8) is 0 Å². The fourth-order valence-electron chi connectivity index (χ4n) is 2.30. The quantitative estimate of drug-likeness (QED) is 0.845. The molecule has 0 spiro atoms. The molecule has 0 saturated carbocycles. The highest BCUT2D eigenvalue weighted by Crippen LogP contribution is 2.23. The van der Waals surface area contributed by atoms with Crippen LogP contribution in [0.3, 0.4) is 0 Å². The Bertz CT molecular complexity index is 503. The van der Waals surface area contributed by atoms with Gasteiger partial charge in [0.1, 0.15) is 11.3 Å². The van der Waals surface area contributed by atoms with Crippen LogP contribution in [0.2, 0.25) is 0 Å². The summed E-state index contributed by atoms with van der Waals surface area (Å²) in [7, 11) is 1.72. The first-order valence-electron chi connectivity index (χ1n) is 7.09. The number of furan rings is 1. The SMILES string of the molecule is COCCN(CC(N)c1cc2ccccc2o1)C(C)C. The summed E-state index contributed by atoms with van der Waals surface area (Å²) in [5.74, 6) is 0.842. The van der Waals surface area contributed by atoms with Gasteiger partial charge in [-0.15, -0.1) is 0 Å². The van der Waals surface area contributed by atoms with E-state index in [0.717, 1.165) is 29.8 Å². The number of nitrogens with two attached hydrogens (primary N) is 1. The van der Waals surface area contributed by atoms with Gasteiger partial charge in [0.2, 0.25) is 0 Å². The minimum atomic E-state index is -0.123. The molecule has 4 nitrogen and oxygen atoms in total. The molecular formula is C16H24N2O2. The van der Waals surface area contributed by atoms with Crippen LogP contribution in [-0.2, 0) is 4.74 Å². The first-order valence-corrected chi connectivity index (χ1v) is 7.09. The summed E-state index contributed by atoms with van der Waals surface area (Å²) in [5.41, 5.74) is 7.19. The first-order chi connectivity index (χ1) is 9.61. The average molecular weight is 276 g/mol. The molecule has 4 heteroatoms. The fraction of sp³-hybridized carbons (Fsp3) is 0.500. The van der Waals surface area contributed by atoms with Gasteiger partial charge in [-0.05, 0) is 26.0 Å². The van der Waals surface area contributed by atoms with Gasteiger partial charge in [0.25, 0.3) is 0 Å². The third kappa shape index (κ3) is 3.60. The van der Waals surface area contributed by atoms with E-state index in [4.69, 9.17) is 14.9 Å². The van der Waals surface area contributed by atoms with Gasteiger partial charge in [0.15, 0.2) is 0 Å². The van der Waals surface area contributed by atoms with Crippen molar-refractivity contribution in [3.8, 4) is 0 Å². The van der Waals surface area contributed by atoms with Gasteiger partial charge in [-0.3, -0.25) is 4.90 Å². The zero-order valence-corrected chi connectivity index (χ0v) is 12.5. The molecule has 1 heterocycles. The first kappa shape index (κ1) is 15.0. The van der Waals surface area contributed by atoms with Crippen molar-refractivity contribution < 1.29 is 9.15 Å². The van der Waals surface area contributed by atoms with E-state index in [1.165, 1.54) is 0 Å². The van der Waals surface area contributed by atoms with E-state index in [2.05, 4.69) is 18.7 Å². The summed E-state index contributed by atoms with van der Waals surface area (Å²) in [5, 5.41) is 1.10. The van der Waals surface area contributed by atoms with E-state index in [1.54, 1.807) is 7.11 Å². The summed E-state index contributed by atoms with van der Waals surface area (Å²) >= 11 is 0. The number of ether oxygens (including phenoxy) is 1. The van der Waals surface area contributed by atoms with E-state index in [0.29, 0.717) is 12.6 Å². The molecule has 2 N–H and O–H groups in total. The molecule has 0 aliphatic rings. The van der Waals surface area contributed by atoms with Crippen LogP contribution in [0.15, 0.2) is 34.7 Å². The smallest absolute Gasteiger partial charge is 0.134 e. The third-order valence-corrected chi connectivity index (χ3v) is 3.55. The van der Waals surface area contributed by atoms with E-state index >= 15 is 0 Å². The summed E-state index contributed by atoms with van der Waals surface area (Å²) in [6.45, 7) is 6.69. The molecule has 110 valence electrons. The predicted octanol–water partition coefficient (Wildman–Crippen LogP) is 2.79. The number of methoxy groups -OCH3 is 1. The molecule has 0 saturated heterocycles. The Labute approximate surface area is 120 Å². The second kappa shape index (κ2) is 6.88. The normalized spacial score (nSPS) is 13.5. The summed E-state index contributed by atoms with van der Waals surface area (Å²) in [6.07, 6.45) is 0. The van der Waals surface area contributed by atoms with Gasteiger partial charge in [-0.25, -0.2) is 0 Å². The number of benzene rings is 1. The summed E-state index contributed by atoms with van der Waals surface area (Å²) in [6, 6.07) is 10.3. The lowest BCUT2D eigenvalue weighted by Crippen LogP contribution is -2.39. The van der Waals surface area contributed by atoms with Crippen molar-refractivity contribution in [3.05, 3.63) is 36.1 Å². The highest BCUT2D eigenvalue weighted by atomic mass is 16.5. The largest absolute Gasteiger partial charge is 0.459 e. The summed E-state index contributed by atoms with van der Waals surface area (Å²) in [4.78, 5) is 2.31. The number of fused-ring (bicyclic) bond motifs is 1. The van der Waals surface area contributed by atoms with Crippen LogP contribution in [0.4, 0.5) is 0 Å². The van der Waals surface area contributed by atoms with Crippen LogP contribution in [0.5, 0.6) is 0 Å². The number of hydrogen-bond acceptors (Lipinski definition) is 4. The number of rotatable bonds is 7. The molecule has 0 radical (unpaired) electrons. The van der Waals surface area contributed by atoms with Gasteiger partial charge < -0.3 is 14.9 Å². The molecule has 0 bridgehead atoms. The Kier molecular flexibility index (Phi) is 5.17. The maximum absolute atomic E-state index is 6.29. The standard InChI is InChI=1S/C16H24N2O2/c1-12(2)18(8-9-19-3)11-14(17)16-10-13-6-4-5-7-15(13)20-16/h4-7,10,12,14H,8-9,11,17H2,1-3H3. The highest BCUT2D eigenvalue weighted by molar-refractivity contribution is 5.77. The Morgan fingerprint density at radius 2 is 2.05 bits per heavy atom. The van der Waals surface area contributed by atoms with Crippen LogP contribution in [-0.4, -0.2) is 37.7 Å². The van der Waals surface area contributed by atoms with E-state index in [9.17, 15) is 0 Å². The minimum absolute atomic E-state index is 0.123. The monoisotopic (exact) mass is 276 g/mol. The highest BCUT2D eigenvalue weighted by Gasteiger charge is 2.18. The van der Waals surface area contributed by atoms with E-state index < -0.39 is 0 Å². The average Bonchev–Trinajstić information content (AvgIpc) is 2.86. The molecule has 0 aliphatic heterocycles. The van der Waals surface area contributed by atoms with Crippen molar-refractivity contribution in [2.75, 3.05) is 26.8 Å². The van der Waals surface area contributed by atoms with Gasteiger partial charge in [-0.2, -0.15) is 0 Å².